The van der Waals surface area contributed by atoms with Gasteiger partial charge in [-0.15, -0.1) is 13.2 Å². The molecule has 2 aliphatic rings. The molecule has 2 rings (SSSR count). The summed E-state index contributed by atoms with van der Waals surface area (Å²) in [5.74, 6) is -2.37. The first-order valence-corrected chi connectivity index (χ1v) is 14.5. The third-order valence-corrected chi connectivity index (χ3v) is 6.80. The quantitative estimate of drug-likeness (QED) is 0.199. The van der Waals surface area contributed by atoms with Crippen molar-refractivity contribution in [2.45, 2.75) is 116 Å². The number of likely N-dealkylation sites (tertiary alicyclic amines) is 1. The van der Waals surface area contributed by atoms with Crippen LogP contribution in [-0.2, 0) is 23.9 Å². The molecule has 1 saturated carbocycles. The Hall–Kier alpha value is -3.17. The van der Waals surface area contributed by atoms with E-state index in [1.807, 2.05) is 6.08 Å². The summed E-state index contributed by atoms with van der Waals surface area (Å²) in [5.41, 5.74) is -0.707. The van der Waals surface area contributed by atoms with E-state index < -0.39 is 47.4 Å². The maximum atomic E-state index is 13.7. The second-order valence-corrected chi connectivity index (χ2v) is 11.3. The van der Waals surface area contributed by atoms with Crippen LogP contribution in [0.15, 0.2) is 25.3 Å². The van der Waals surface area contributed by atoms with Gasteiger partial charge in [0.25, 0.3) is 5.91 Å². The summed E-state index contributed by atoms with van der Waals surface area (Å²) >= 11 is 0. The average molecular weight is 563 g/mol. The van der Waals surface area contributed by atoms with Crippen LogP contribution in [0.2, 0.25) is 0 Å². The molecule has 0 bridgehead atoms. The van der Waals surface area contributed by atoms with E-state index in [1.165, 1.54) is 11.8 Å². The first-order valence-electron chi connectivity index (χ1n) is 14.5. The second kappa shape index (κ2) is 17.5. The average Bonchev–Trinajstić information content (AvgIpc) is 3.41. The molecule has 4 amide bonds. The number of hydrogen-bond acceptors (Lipinski definition) is 6. The van der Waals surface area contributed by atoms with Crippen molar-refractivity contribution in [1.82, 2.24) is 20.9 Å². The van der Waals surface area contributed by atoms with Gasteiger partial charge in [-0.25, -0.2) is 4.79 Å². The summed E-state index contributed by atoms with van der Waals surface area (Å²) < 4.78 is 5.40. The van der Waals surface area contributed by atoms with Gasteiger partial charge in [-0.1, -0.05) is 38.3 Å². The molecule has 0 spiro atoms. The van der Waals surface area contributed by atoms with Crippen LogP contribution >= 0.6 is 0 Å². The van der Waals surface area contributed by atoms with Crippen molar-refractivity contribution in [3.05, 3.63) is 25.3 Å². The van der Waals surface area contributed by atoms with Gasteiger partial charge in [0.2, 0.25) is 17.6 Å². The number of Topliss-reactive ketones (excluding diaryl/α,β-unsaturated/α-hetero) is 1. The molecule has 1 heterocycles. The van der Waals surface area contributed by atoms with Gasteiger partial charge in [-0.05, 0) is 72.1 Å². The molecule has 3 atom stereocenters. The molecule has 0 radical (unpaired) electrons. The third-order valence-electron chi connectivity index (χ3n) is 6.80. The maximum absolute atomic E-state index is 13.7. The summed E-state index contributed by atoms with van der Waals surface area (Å²) in [7, 11) is 0. The van der Waals surface area contributed by atoms with Crippen LogP contribution in [0.5, 0.6) is 0 Å². The normalized spacial score (nSPS) is 18.7. The number of carbonyl (C=O) groups excluding carboxylic acids is 5. The number of carbonyl (C=O) groups is 5. The van der Waals surface area contributed by atoms with E-state index in [4.69, 9.17) is 4.74 Å². The van der Waals surface area contributed by atoms with Gasteiger partial charge in [0.05, 0.1) is 6.04 Å². The minimum Gasteiger partial charge on any atom is -0.444 e. The van der Waals surface area contributed by atoms with Crippen molar-refractivity contribution in [1.29, 1.82) is 0 Å². The van der Waals surface area contributed by atoms with Gasteiger partial charge >= 0.3 is 6.09 Å². The standard InChI is InChI=1S/C26H42N4O6.C4H8/c1-6-7-15-27-23(33)21(31)17(2)28-22(32)19-14-11-16-30(19)24(34)20(18-12-9-8-10-13-18)29-25(35)36-26(3,4)5;1-3-4-2/h6,17-20H,1,7-16H2,2-5H3,(H,27,33)(H,28,32)(H,29,35);3H,1,4H2,2H3. The number of ether oxygens (including phenoxy) is 1. The van der Waals surface area contributed by atoms with Crippen molar-refractivity contribution in [2.24, 2.45) is 5.92 Å². The molecule has 226 valence electrons. The van der Waals surface area contributed by atoms with E-state index in [2.05, 4.69) is 36.0 Å². The number of allylic oxidation sites excluding steroid dienone is 1. The fraction of sp³-hybridized carbons (Fsp3) is 0.700. The van der Waals surface area contributed by atoms with Gasteiger partial charge in [0.15, 0.2) is 0 Å². The Morgan fingerprint density at radius 3 is 2.15 bits per heavy atom. The zero-order chi connectivity index (χ0) is 30.3. The summed E-state index contributed by atoms with van der Waals surface area (Å²) in [4.78, 5) is 65.2. The molecule has 0 aromatic heterocycles. The first kappa shape index (κ1) is 34.9. The van der Waals surface area contributed by atoms with E-state index in [9.17, 15) is 24.0 Å². The van der Waals surface area contributed by atoms with Crippen LogP contribution in [0.4, 0.5) is 4.79 Å². The molecule has 1 aliphatic heterocycles. The van der Waals surface area contributed by atoms with Crippen LogP contribution < -0.4 is 16.0 Å². The SMILES string of the molecule is C=CCC.C=CCCNC(=O)C(=O)C(C)NC(=O)C1CCCN1C(=O)C(NC(=O)OC(C)(C)C)C1CCCCC1. The van der Waals surface area contributed by atoms with E-state index in [1.54, 1.807) is 26.8 Å². The Morgan fingerprint density at radius 2 is 1.60 bits per heavy atom. The van der Waals surface area contributed by atoms with E-state index in [0.29, 0.717) is 25.8 Å². The maximum Gasteiger partial charge on any atom is 0.408 e. The number of ketones is 1. The van der Waals surface area contributed by atoms with Crippen molar-refractivity contribution in [3.8, 4) is 0 Å². The summed E-state index contributed by atoms with van der Waals surface area (Å²) in [5, 5.41) is 7.86. The molecule has 3 N–H and O–H groups in total. The van der Waals surface area contributed by atoms with E-state index >= 15 is 0 Å². The van der Waals surface area contributed by atoms with Crippen LogP contribution in [0.3, 0.4) is 0 Å². The topological polar surface area (TPSA) is 134 Å². The highest BCUT2D eigenvalue weighted by molar-refractivity contribution is 6.38. The Labute approximate surface area is 239 Å². The summed E-state index contributed by atoms with van der Waals surface area (Å²) in [6.45, 7) is 16.5. The van der Waals surface area contributed by atoms with Crippen LogP contribution in [-0.4, -0.2) is 71.3 Å². The highest BCUT2D eigenvalue weighted by Gasteiger charge is 2.41. The van der Waals surface area contributed by atoms with E-state index in [0.717, 1.165) is 38.5 Å². The minimum absolute atomic E-state index is 0.0390. The minimum atomic E-state index is -1.03. The number of amides is 4. The molecule has 1 aliphatic carbocycles. The number of hydrogen-bond donors (Lipinski definition) is 3. The van der Waals surface area contributed by atoms with Crippen molar-refractivity contribution < 1.29 is 28.7 Å². The highest BCUT2D eigenvalue weighted by atomic mass is 16.6. The molecule has 10 nitrogen and oxygen atoms in total. The molecular weight excluding hydrogens is 512 g/mol. The Morgan fingerprint density at radius 1 is 0.975 bits per heavy atom. The Bertz CT molecular complexity index is 891. The molecule has 3 unspecified atom stereocenters. The largest absolute Gasteiger partial charge is 0.444 e. The molecular formula is C30H50N4O6. The first-order chi connectivity index (χ1) is 18.9. The lowest BCUT2D eigenvalue weighted by Crippen LogP contribution is -2.57. The van der Waals surface area contributed by atoms with Crippen LogP contribution in [0.25, 0.3) is 0 Å². The van der Waals surface area contributed by atoms with Crippen molar-refractivity contribution >= 4 is 29.6 Å². The smallest absolute Gasteiger partial charge is 0.408 e. The molecule has 0 aromatic carbocycles. The number of nitrogens with one attached hydrogen (secondary N) is 3. The molecule has 10 heteroatoms. The lowest BCUT2D eigenvalue weighted by Gasteiger charge is -2.35. The molecule has 40 heavy (non-hydrogen) atoms. The number of alkyl carbamates (subject to hydrolysis) is 1. The van der Waals surface area contributed by atoms with E-state index in [-0.39, 0.29) is 18.4 Å². The number of rotatable bonds is 11. The highest BCUT2D eigenvalue weighted by Crippen LogP contribution is 2.29. The zero-order valence-electron chi connectivity index (χ0n) is 25.1. The monoisotopic (exact) mass is 562 g/mol. The fourth-order valence-corrected chi connectivity index (χ4v) is 4.71. The van der Waals surface area contributed by atoms with Gasteiger partial charge in [0.1, 0.15) is 17.7 Å². The Kier molecular flexibility index (Phi) is 15.3. The summed E-state index contributed by atoms with van der Waals surface area (Å²) in [6, 6.07) is -2.60. The van der Waals surface area contributed by atoms with Crippen LogP contribution in [0, 0.1) is 5.92 Å². The van der Waals surface area contributed by atoms with Gasteiger partial charge < -0.3 is 25.6 Å². The summed E-state index contributed by atoms with van der Waals surface area (Å²) in [6.07, 6.45) is 10.2. The lowest BCUT2D eigenvalue weighted by atomic mass is 9.83. The van der Waals surface area contributed by atoms with Gasteiger partial charge in [0, 0.05) is 13.1 Å². The zero-order valence-corrected chi connectivity index (χ0v) is 25.1. The van der Waals surface area contributed by atoms with Crippen molar-refractivity contribution in [3.63, 3.8) is 0 Å². The molecule has 1 saturated heterocycles. The number of nitrogens with zero attached hydrogens (tertiary/aromatic N) is 1. The fourth-order valence-electron chi connectivity index (χ4n) is 4.71. The predicted molar refractivity (Wildman–Crippen MR) is 155 cm³/mol. The third kappa shape index (κ3) is 11.9. The predicted octanol–water partition coefficient (Wildman–Crippen LogP) is 3.80. The van der Waals surface area contributed by atoms with Gasteiger partial charge in [-0.3, -0.25) is 19.2 Å². The molecule has 2 fully saturated rings. The lowest BCUT2D eigenvalue weighted by molar-refractivity contribution is -0.143. The van der Waals surface area contributed by atoms with Crippen LogP contribution in [0.1, 0.15) is 92.4 Å². The second-order valence-electron chi connectivity index (χ2n) is 11.3. The molecule has 0 aromatic rings. The van der Waals surface area contributed by atoms with Crippen molar-refractivity contribution in [2.75, 3.05) is 13.1 Å². The Balaban J connectivity index is 0.00000187. The van der Waals surface area contributed by atoms with Gasteiger partial charge in [-0.2, -0.15) is 0 Å².